The highest BCUT2D eigenvalue weighted by atomic mass is 19.4. The van der Waals surface area contributed by atoms with E-state index in [0.717, 1.165) is 0 Å². The molecule has 1 aromatic carbocycles. The number of benzene rings is 1. The minimum atomic E-state index is -5.11. The maximum absolute atomic E-state index is 13.3. The maximum atomic E-state index is 13.3. The monoisotopic (exact) mass is 613 g/mol. The van der Waals surface area contributed by atoms with Crippen LogP contribution in [0.15, 0.2) is 36.5 Å². The van der Waals surface area contributed by atoms with Gasteiger partial charge in [-0.15, -0.1) is 5.10 Å². The Morgan fingerprint density at radius 1 is 0.977 bits per heavy atom. The first-order valence-corrected chi connectivity index (χ1v) is 13.1. The summed E-state index contributed by atoms with van der Waals surface area (Å²) in [4.78, 5) is 37.9. The number of aromatic nitrogens is 4. The van der Waals surface area contributed by atoms with E-state index in [0.29, 0.717) is 30.8 Å². The lowest BCUT2D eigenvalue weighted by Crippen LogP contribution is -2.48. The minimum absolute atomic E-state index is 0.0551. The van der Waals surface area contributed by atoms with E-state index in [2.05, 4.69) is 20.4 Å². The Hall–Kier alpha value is -4.21. The molecule has 2 amide bonds. The number of hydrogen-bond acceptors (Lipinski definition) is 7. The number of carbonyl (C=O) groups excluding carboxylic acids is 2. The Kier molecular flexibility index (Phi) is 8.72. The SMILES string of the molecule is C[C@@H]1CN(C(=O)c2ccc(-n3nc(N(C)C)nc3[C@H](C)NC(=O)c3cc(C(F)(F)F)cc(C(F)(F)F)c3)nc2)C[C@H](C)O1. The van der Waals surface area contributed by atoms with E-state index in [1.807, 2.05) is 13.8 Å². The highest BCUT2D eigenvalue weighted by Crippen LogP contribution is 2.36. The molecular formula is C27H29F6N7O3. The molecule has 0 bridgehead atoms. The van der Waals surface area contributed by atoms with Crippen molar-refractivity contribution in [2.24, 2.45) is 0 Å². The van der Waals surface area contributed by atoms with Gasteiger partial charge in [0.1, 0.15) is 0 Å². The van der Waals surface area contributed by atoms with Crippen LogP contribution in [-0.2, 0) is 17.1 Å². The van der Waals surface area contributed by atoms with Crippen LogP contribution < -0.4 is 10.2 Å². The average molecular weight is 614 g/mol. The van der Waals surface area contributed by atoms with Gasteiger partial charge in [-0.05, 0) is 51.1 Å². The molecule has 1 aliphatic heterocycles. The van der Waals surface area contributed by atoms with E-state index in [1.165, 1.54) is 23.9 Å². The zero-order valence-electron chi connectivity index (χ0n) is 23.8. The zero-order valence-corrected chi connectivity index (χ0v) is 23.8. The van der Waals surface area contributed by atoms with Crippen molar-refractivity contribution in [1.29, 1.82) is 0 Å². The quantitative estimate of drug-likeness (QED) is 0.408. The summed E-state index contributed by atoms with van der Waals surface area (Å²) in [6.45, 7) is 6.01. The number of amides is 2. The number of nitrogens with one attached hydrogen (secondary N) is 1. The predicted octanol–water partition coefficient (Wildman–Crippen LogP) is 4.51. The predicted molar refractivity (Wildman–Crippen MR) is 142 cm³/mol. The van der Waals surface area contributed by atoms with Crippen LogP contribution in [0, 0.1) is 0 Å². The molecule has 0 saturated carbocycles. The summed E-state index contributed by atoms with van der Waals surface area (Å²) in [5.41, 5.74) is -3.75. The summed E-state index contributed by atoms with van der Waals surface area (Å²) in [6, 6.07) is 2.65. The summed E-state index contributed by atoms with van der Waals surface area (Å²) in [6.07, 6.45) is -9.13. The molecule has 1 N–H and O–H groups in total. The lowest BCUT2D eigenvalue weighted by molar-refractivity contribution is -0.143. The van der Waals surface area contributed by atoms with Crippen LogP contribution in [0.25, 0.3) is 5.82 Å². The van der Waals surface area contributed by atoms with Crippen molar-refractivity contribution < 1.29 is 40.7 Å². The van der Waals surface area contributed by atoms with Gasteiger partial charge in [-0.1, -0.05) is 0 Å². The average Bonchev–Trinajstić information content (AvgIpc) is 3.37. The first kappa shape index (κ1) is 31.7. The van der Waals surface area contributed by atoms with Gasteiger partial charge in [0, 0.05) is 38.9 Å². The lowest BCUT2D eigenvalue weighted by Gasteiger charge is -2.35. The van der Waals surface area contributed by atoms with Crippen LogP contribution in [0.5, 0.6) is 0 Å². The third kappa shape index (κ3) is 7.24. The zero-order chi connectivity index (χ0) is 31.9. The fourth-order valence-corrected chi connectivity index (χ4v) is 4.55. The topological polar surface area (TPSA) is 105 Å². The Balaban J connectivity index is 1.61. The lowest BCUT2D eigenvalue weighted by atomic mass is 10.0. The van der Waals surface area contributed by atoms with Crippen molar-refractivity contribution in [2.75, 3.05) is 32.1 Å². The van der Waals surface area contributed by atoms with Crippen molar-refractivity contribution in [3.05, 3.63) is 64.6 Å². The molecule has 232 valence electrons. The van der Waals surface area contributed by atoms with Gasteiger partial charge in [-0.2, -0.15) is 36.0 Å². The number of ether oxygens (including phenoxy) is 1. The van der Waals surface area contributed by atoms with Gasteiger partial charge in [0.2, 0.25) is 5.95 Å². The molecule has 43 heavy (non-hydrogen) atoms. The van der Waals surface area contributed by atoms with E-state index < -0.39 is 41.0 Å². The second kappa shape index (κ2) is 11.8. The van der Waals surface area contributed by atoms with Gasteiger partial charge in [0.05, 0.1) is 34.9 Å². The molecule has 4 rings (SSSR count). The summed E-state index contributed by atoms with van der Waals surface area (Å²) in [5, 5.41) is 6.76. The summed E-state index contributed by atoms with van der Waals surface area (Å²) in [7, 11) is 3.29. The van der Waals surface area contributed by atoms with E-state index in [4.69, 9.17) is 4.74 Å². The first-order chi connectivity index (χ1) is 19.9. The molecule has 1 saturated heterocycles. The minimum Gasteiger partial charge on any atom is -0.372 e. The van der Waals surface area contributed by atoms with Gasteiger partial charge < -0.3 is 19.9 Å². The second-order valence-electron chi connectivity index (χ2n) is 10.4. The van der Waals surface area contributed by atoms with E-state index in [1.54, 1.807) is 30.0 Å². The van der Waals surface area contributed by atoms with Crippen LogP contribution in [0.4, 0.5) is 32.3 Å². The Morgan fingerprint density at radius 3 is 2.05 bits per heavy atom. The number of rotatable bonds is 6. The van der Waals surface area contributed by atoms with Crippen LogP contribution in [0.3, 0.4) is 0 Å². The fraction of sp³-hybridized carbons (Fsp3) is 0.444. The highest BCUT2D eigenvalue weighted by Gasteiger charge is 2.38. The van der Waals surface area contributed by atoms with Crippen molar-refractivity contribution in [2.45, 2.75) is 51.4 Å². The highest BCUT2D eigenvalue weighted by molar-refractivity contribution is 5.95. The standard InChI is InChI=1S/C27H29F6N7O3/c1-14-12-39(13-15(2)43-14)24(42)17-6-7-21(34-11-17)40-22(36-25(37-40)38(4)5)16(3)35-23(41)18-8-19(26(28,29)30)10-20(9-18)27(31,32)33/h6-11,14-16H,12-13H2,1-5H3,(H,35,41)/t14-,15+,16-/m0/s1. The molecule has 3 aromatic rings. The van der Waals surface area contributed by atoms with Crippen LogP contribution in [0.1, 0.15) is 64.5 Å². The Labute approximate surface area is 242 Å². The summed E-state index contributed by atoms with van der Waals surface area (Å²) in [5.74, 6) is -0.952. The van der Waals surface area contributed by atoms with E-state index in [-0.39, 0.29) is 41.8 Å². The van der Waals surface area contributed by atoms with Crippen molar-refractivity contribution >= 4 is 17.8 Å². The molecule has 1 fully saturated rings. The smallest absolute Gasteiger partial charge is 0.372 e. The molecule has 16 heteroatoms. The molecule has 0 unspecified atom stereocenters. The summed E-state index contributed by atoms with van der Waals surface area (Å²) < 4.78 is 86.8. The molecule has 1 aliphatic rings. The molecule has 0 radical (unpaired) electrons. The fourth-order valence-electron chi connectivity index (χ4n) is 4.55. The number of hydrogen-bond donors (Lipinski definition) is 1. The van der Waals surface area contributed by atoms with E-state index in [9.17, 15) is 35.9 Å². The van der Waals surface area contributed by atoms with Gasteiger partial charge in [0.25, 0.3) is 11.8 Å². The number of anilines is 1. The third-order valence-electron chi connectivity index (χ3n) is 6.52. The second-order valence-corrected chi connectivity index (χ2v) is 10.4. The van der Waals surface area contributed by atoms with Crippen LogP contribution in [-0.4, -0.2) is 75.9 Å². The molecule has 2 aromatic heterocycles. The van der Waals surface area contributed by atoms with Crippen LogP contribution >= 0.6 is 0 Å². The first-order valence-electron chi connectivity index (χ1n) is 13.1. The normalized spacial score (nSPS) is 18.3. The largest absolute Gasteiger partial charge is 0.416 e. The van der Waals surface area contributed by atoms with Crippen LogP contribution in [0.2, 0.25) is 0 Å². The number of carbonyl (C=O) groups is 2. The molecular weight excluding hydrogens is 584 g/mol. The molecule has 0 aliphatic carbocycles. The summed E-state index contributed by atoms with van der Waals surface area (Å²) >= 11 is 0. The maximum Gasteiger partial charge on any atom is 0.416 e. The number of halogens is 6. The van der Waals surface area contributed by atoms with Gasteiger partial charge in [-0.25, -0.2) is 4.98 Å². The molecule has 3 atom stereocenters. The number of nitrogens with zero attached hydrogens (tertiary/aromatic N) is 6. The molecule has 10 nitrogen and oxygen atoms in total. The van der Waals surface area contributed by atoms with Gasteiger partial charge >= 0.3 is 12.4 Å². The number of pyridine rings is 1. The third-order valence-corrected chi connectivity index (χ3v) is 6.52. The molecule has 0 spiro atoms. The van der Waals surface area contributed by atoms with Crippen molar-refractivity contribution in [1.82, 2.24) is 30.0 Å². The van der Waals surface area contributed by atoms with Gasteiger partial charge in [-0.3, -0.25) is 9.59 Å². The Morgan fingerprint density at radius 2 is 1.56 bits per heavy atom. The number of morpholine rings is 1. The number of alkyl halides is 6. The van der Waals surface area contributed by atoms with E-state index >= 15 is 0 Å². The van der Waals surface area contributed by atoms with Crippen molar-refractivity contribution in [3.8, 4) is 5.82 Å². The van der Waals surface area contributed by atoms with Crippen molar-refractivity contribution in [3.63, 3.8) is 0 Å². The molecule has 3 heterocycles. The Bertz CT molecular complexity index is 1450. The van der Waals surface area contributed by atoms with Gasteiger partial charge in [0.15, 0.2) is 11.6 Å².